The maximum atomic E-state index is 12.2. The second-order valence-corrected chi connectivity index (χ2v) is 6.61. The molecule has 0 fully saturated rings. The Morgan fingerprint density at radius 3 is 2.52 bits per heavy atom. The minimum absolute atomic E-state index is 0.0753. The van der Waals surface area contributed by atoms with Crippen LogP contribution in [-0.4, -0.2) is 31.3 Å². The summed E-state index contributed by atoms with van der Waals surface area (Å²) in [5.41, 5.74) is 0.426. The van der Waals surface area contributed by atoms with Crippen molar-refractivity contribution in [1.29, 1.82) is 0 Å². The van der Waals surface area contributed by atoms with Gasteiger partial charge in [0, 0.05) is 12.6 Å². The third kappa shape index (κ3) is 4.64. The number of nitrogens with one attached hydrogen (secondary N) is 1. The Morgan fingerprint density at radius 2 is 1.87 bits per heavy atom. The standard InChI is InChI=1S/C15H19N3O4S/c1-3-22-13-5-7-14(8-6-13)23(20,21)16-10-11-18-15(19)9-4-12(2)17-18/h4-9,16H,3,10-11H2,1-2H3. The molecule has 0 bridgehead atoms. The highest BCUT2D eigenvalue weighted by Gasteiger charge is 2.13. The van der Waals surface area contributed by atoms with E-state index in [2.05, 4.69) is 9.82 Å². The summed E-state index contributed by atoms with van der Waals surface area (Å²) in [6.07, 6.45) is 0. The van der Waals surface area contributed by atoms with Gasteiger partial charge in [-0.15, -0.1) is 0 Å². The highest BCUT2D eigenvalue weighted by Crippen LogP contribution is 2.15. The first kappa shape index (κ1) is 17.2. The number of hydrogen-bond acceptors (Lipinski definition) is 5. The summed E-state index contributed by atoms with van der Waals surface area (Å²) in [6.45, 7) is 4.37. The third-order valence-electron chi connectivity index (χ3n) is 3.06. The zero-order chi connectivity index (χ0) is 16.9. The topological polar surface area (TPSA) is 90.3 Å². The first-order valence-corrected chi connectivity index (χ1v) is 8.68. The molecule has 0 unspecified atom stereocenters. The second-order valence-electron chi connectivity index (χ2n) is 4.84. The van der Waals surface area contributed by atoms with Gasteiger partial charge >= 0.3 is 0 Å². The first-order chi connectivity index (χ1) is 10.9. The number of rotatable bonds is 7. The molecule has 1 heterocycles. The van der Waals surface area contributed by atoms with E-state index in [0.717, 1.165) is 0 Å². The Bertz CT molecular complexity index is 813. The molecule has 2 aromatic rings. The van der Waals surface area contributed by atoms with Crippen molar-refractivity contribution in [2.45, 2.75) is 25.3 Å². The summed E-state index contributed by atoms with van der Waals surface area (Å²) in [4.78, 5) is 11.7. The number of hydrogen-bond donors (Lipinski definition) is 1. The van der Waals surface area contributed by atoms with Gasteiger partial charge in [0.1, 0.15) is 5.75 Å². The Kier molecular flexibility index (Phi) is 5.51. The summed E-state index contributed by atoms with van der Waals surface area (Å²) >= 11 is 0. The van der Waals surface area contributed by atoms with Gasteiger partial charge in [-0.1, -0.05) is 0 Å². The molecule has 1 aromatic heterocycles. The third-order valence-corrected chi connectivity index (χ3v) is 4.54. The van der Waals surface area contributed by atoms with Crippen molar-refractivity contribution in [3.8, 4) is 5.75 Å². The predicted octanol–water partition coefficient (Wildman–Crippen LogP) is 0.929. The number of ether oxygens (including phenoxy) is 1. The molecule has 8 heteroatoms. The van der Waals surface area contributed by atoms with Crippen LogP contribution in [0, 0.1) is 6.92 Å². The number of sulfonamides is 1. The van der Waals surface area contributed by atoms with Gasteiger partial charge in [0.2, 0.25) is 10.0 Å². The van der Waals surface area contributed by atoms with E-state index in [1.54, 1.807) is 25.1 Å². The molecule has 0 saturated carbocycles. The normalized spacial score (nSPS) is 11.4. The fourth-order valence-electron chi connectivity index (χ4n) is 1.96. The van der Waals surface area contributed by atoms with E-state index < -0.39 is 10.0 Å². The van der Waals surface area contributed by atoms with E-state index in [-0.39, 0.29) is 23.5 Å². The number of aromatic nitrogens is 2. The van der Waals surface area contributed by atoms with Crippen LogP contribution in [-0.2, 0) is 16.6 Å². The van der Waals surface area contributed by atoms with E-state index in [4.69, 9.17) is 4.74 Å². The van der Waals surface area contributed by atoms with Crippen LogP contribution in [0.25, 0.3) is 0 Å². The molecule has 2 rings (SSSR count). The van der Waals surface area contributed by atoms with Gasteiger partial charge in [0.05, 0.1) is 23.7 Å². The molecule has 0 aliphatic carbocycles. The van der Waals surface area contributed by atoms with Gasteiger partial charge in [-0.2, -0.15) is 5.10 Å². The molecule has 7 nitrogen and oxygen atoms in total. The van der Waals surface area contributed by atoms with E-state index in [1.807, 2.05) is 6.92 Å². The van der Waals surface area contributed by atoms with Gasteiger partial charge in [-0.25, -0.2) is 17.8 Å². The Morgan fingerprint density at radius 1 is 1.17 bits per heavy atom. The van der Waals surface area contributed by atoms with Gasteiger partial charge < -0.3 is 4.74 Å². The molecule has 0 spiro atoms. The minimum atomic E-state index is -3.63. The minimum Gasteiger partial charge on any atom is -0.494 e. The molecule has 1 aromatic carbocycles. The number of aryl methyl sites for hydroxylation is 1. The lowest BCUT2D eigenvalue weighted by Crippen LogP contribution is -2.32. The zero-order valence-electron chi connectivity index (χ0n) is 13.0. The van der Waals surface area contributed by atoms with E-state index in [1.165, 1.54) is 22.9 Å². The quantitative estimate of drug-likeness (QED) is 0.812. The van der Waals surface area contributed by atoms with Crippen molar-refractivity contribution in [2.24, 2.45) is 0 Å². The second kappa shape index (κ2) is 7.38. The molecule has 0 saturated heterocycles. The van der Waals surface area contributed by atoms with Crippen molar-refractivity contribution < 1.29 is 13.2 Å². The molecule has 23 heavy (non-hydrogen) atoms. The molecule has 0 aliphatic rings. The average Bonchev–Trinajstić information content (AvgIpc) is 2.51. The summed E-state index contributed by atoms with van der Waals surface area (Å²) < 4.78 is 33.3. The van der Waals surface area contributed by atoms with Crippen LogP contribution in [0.1, 0.15) is 12.6 Å². The lowest BCUT2D eigenvalue weighted by atomic mass is 10.3. The lowest BCUT2D eigenvalue weighted by molar-refractivity contribution is 0.340. The van der Waals surface area contributed by atoms with Crippen LogP contribution in [0.5, 0.6) is 5.75 Å². The Hall–Kier alpha value is -2.19. The SMILES string of the molecule is CCOc1ccc(S(=O)(=O)NCCn2nc(C)ccc2=O)cc1. The number of benzene rings is 1. The van der Waals surface area contributed by atoms with Crippen molar-refractivity contribution in [1.82, 2.24) is 14.5 Å². The number of nitrogens with zero attached hydrogens (tertiary/aromatic N) is 2. The summed E-state index contributed by atoms with van der Waals surface area (Å²) in [6, 6.07) is 9.18. The largest absolute Gasteiger partial charge is 0.494 e. The van der Waals surface area contributed by atoms with Crippen molar-refractivity contribution in [3.05, 3.63) is 52.4 Å². The van der Waals surface area contributed by atoms with Gasteiger partial charge in [0.15, 0.2) is 0 Å². The van der Waals surface area contributed by atoms with Crippen molar-refractivity contribution in [2.75, 3.05) is 13.2 Å². The van der Waals surface area contributed by atoms with Crippen LogP contribution in [0.4, 0.5) is 0 Å². The summed E-state index contributed by atoms with van der Waals surface area (Å²) in [7, 11) is -3.63. The van der Waals surface area contributed by atoms with Crippen LogP contribution in [0.2, 0.25) is 0 Å². The molecule has 124 valence electrons. The molecular weight excluding hydrogens is 318 g/mol. The van der Waals surface area contributed by atoms with Crippen LogP contribution in [0.15, 0.2) is 46.1 Å². The van der Waals surface area contributed by atoms with E-state index in [0.29, 0.717) is 18.1 Å². The average molecular weight is 337 g/mol. The fourth-order valence-corrected chi connectivity index (χ4v) is 2.98. The maximum Gasteiger partial charge on any atom is 0.266 e. The summed E-state index contributed by atoms with van der Waals surface area (Å²) in [5, 5.41) is 4.05. The van der Waals surface area contributed by atoms with E-state index in [9.17, 15) is 13.2 Å². The van der Waals surface area contributed by atoms with Gasteiger partial charge in [0.25, 0.3) is 5.56 Å². The Balaban J connectivity index is 2.01. The molecule has 1 N–H and O–H groups in total. The Labute approximate surface area is 135 Å². The summed E-state index contributed by atoms with van der Waals surface area (Å²) in [5.74, 6) is 0.613. The van der Waals surface area contributed by atoms with Crippen molar-refractivity contribution in [3.63, 3.8) is 0 Å². The molecule has 0 amide bonds. The van der Waals surface area contributed by atoms with Crippen LogP contribution in [0.3, 0.4) is 0 Å². The van der Waals surface area contributed by atoms with Gasteiger partial charge in [-0.05, 0) is 44.2 Å². The molecule has 0 aliphatic heterocycles. The fraction of sp³-hybridized carbons (Fsp3) is 0.333. The highest BCUT2D eigenvalue weighted by molar-refractivity contribution is 7.89. The smallest absolute Gasteiger partial charge is 0.266 e. The molecule has 0 atom stereocenters. The first-order valence-electron chi connectivity index (χ1n) is 7.19. The molecular formula is C15H19N3O4S. The zero-order valence-corrected chi connectivity index (χ0v) is 13.8. The van der Waals surface area contributed by atoms with Crippen LogP contribution >= 0.6 is 0 Å². The highest BCUT2D eigenvalue weighted by atomic mass is 32.2. The monoisotopic (exact) mass is 337 g/mol. The predicted molar refractivity (Wildman–Crippen MR) is 86.0 cm³/mol. The maximum absolute atomic E-state index is 12.2. The molecule has 0 radical (unpaired) electrons. The van der Waals surface area contributed by atoms with Crippen LogP contribution < -0.4 is 15.0 Å². The lowest BCUT2D eigenvalue weighted by Gasteiger charge is -2.09. The van der Waals surface area contributed by atoms with E-state index >= 15 is 0 Å². The van der Waals surface area contributed by atoms with Gasteiger partial charge in [-0.3, -0.25) is 4.79 Å². The van der Waals surface area contributed by atoms with Crippen molar-refractivity contribution >= 4 is 10.0 Å².